The van der Waals surface area contributed by atoms with Crippen LogP contribution in [0.4, 0.5) is 13.2 Å². The number of hydrogen-bond acceptors (Lipinski definition) is 1. The minimum Gasteiger partial charge on any atom is -0.489 e. The summed E-state index contributed by atoms with van der Waals surface area (Å²) >= 11 is 0. The van der Waals surface area contributed by atoms with E-state index in [0.717, 1.165) is 12.0 Å². The smallest absolute Gasteiger partial charge is 0.194 e. The van der Waals surface area contributed by atoms with Crippen molar-refractivity contribution < 1.29 is 17.9 Å². The van der Waals surface area contributed by atoms with Crippen molar-refractivity contribution in [3.05, 3.63) is 65.0 Å². The highest BCUT2D eigenvalue weighted by atomic mass is 19.2. The van der Waals surface area contributed by atoms with Gasteiger partial charge in [0.15, 0.2) is 17.5 Å². The first-order chi connectivity index (χ1) is 13.1. The molecule has 146 valence electrons. The monoisotopic (exact) mass is 376 g/mol. The van der Waals surface area contributed by atoms with E-state index < -0.39 is 17.5 Å². The lowest BCUT2D eigenvalue weighted by Gasteiger charge is -2.28. The molecule has 1 fully saturated rings. The van der Waals surface area contributed by atoms with Crippen LogP contribution >= 0.6 is 0 Å². The lowest BCUT2D eigenvalue weighted by atomic mass is 9.77. The minimum absolute atomic E-state index is 0.00313. The molecule has 1 nitrogen and oxygen atoms in total. The molecule has 0 aliphatic heterocycles. The van der Waals surface area contributed by atoms with Crippen LogP contribution in [0.15, 0.2) is 36.4 Å². The van der Waals surface area contributed by atoms with Crippen molar-refractivity contribution in [2.75, 3.05) is 0 Å². The molecular formula is C23H27F3O. The lowest BCUT2D eigenvalue weighted by molar-refractivity contribution is 0.294. The fourth-order valence-corrected chi connectivity index (χ4v) is 3.95. The van der Waals surface area contributed by atoms with Crippen molar-refractivity contribution >= 4 is 0 Å². The van der Waals surface area contributed by atoms with Crippen molar-refractivity contribution in [1.29, 1.82) is 0 Å². The van der Waals surface area contributed by atoms with Crippen LogP contribution in [0.1, 0.15) is 68.9 Å². The summed E-state index contributed by atoms with van der Waals surface area (Å²) in [7, 11) is 0. The molecule has 27 heavy (non-hydrogen) atoms. The summed E-state index contributed by atoms with van der Waals surface area (Å²) in [5.41, 5.74) is 1.32. The van der Waals surface area contributed by atoms with Crippen LogP contribution in [0.25, 0.3) is 0 Å². The molecule has 0 aromatic heterocycles. The largest absolute Gasteiger partial charge is 0.489 e. The van der Waals surface area contributed by atoms with E-state index in [9.17, 15) is 13.2 Å². The summed E-state index contributed by atoms with van der Waals surface area (Å²) < 4.78 is 45.5. The summed E-state index contributed by atoms with van der Waals surface area (Å²) in [6, 6.07) is 9.99. The van der Waals surface area contributed by atoms with E-state index in [-0.39, 0.29) is 12.2 Å². The lowest BCUT2D eigenvalue weighted by Crippen LogP contribution is -2.13. The summed E-state index contributed by atoms with van der Waals surface area (Å²) in [5, 5.41) is 0. The molecule has 0 radical (unpaired) electrons. The number of halogens is 3. The van der Waals surface area contributed by atoms with Gasteiger partial charge in [0.2, 0.25) is 0 Å². The van der Waals surface area contributed by atoms with E-state index in [0.29, 0.717) is 11.7 Å². The number of ether oxygens (including phenoxy) is 1. The van der Waals surface area contributed by atoms with Gasteiger partial charge in [-0.1, -0.05) is 38.3 Å². The van der Waals surface area contributed by atoms with Gasteiger partial charge < -0.3 is 4.74 Å². The first-order valence-corrected chi connectivity index (χ1v) is 9.93. The topological polar surface area (TPSA) is 9.23 Å². The van der Waals surface area contributed by atoms with Crippen molar-refractivity contribution in [1.82, 2.24) is 0 Å². The highest BCUT2D eigenvalue weighted by Crippen LogP contribution is 2.38. The summed E-state index contributed by atoms with van der Waals surface area (Å²) in [6.45, 7) is 2.11. The Morgan fingerprint density at radius 1 is 0.889 bits per heavy atom. The third-order valence-corrected chi connectivity index (χ3v) is 5.67. The Kier molecular flexibility index (Phi) is 6.81. The average Bonchev–Trinajstić information content (AvgIpc) is 2.71. The quantitative estimate of drug-likeness (QED) is 0.466. The van der Waals surface area contributed by atoms with E-state index in [1.807, 2.05) is 12.1 Å². The van der Waals surface area contributed by atoms with E-state index >= 15 is 0 Å². The molecule has 0 N–H and O–H groups in total. The number of unbranched alkanes of at least 4 members (excludes halogenated alkanes) is 1. The van der Waals surface area contributed by atoms with Gasteiger partial charge in [-0.15, -0.1) is 0 Å². The van der Waals surface area contributed by atoms with Crippen LogP contribution in [0.5, 0.6) is 5.75 Å². The molecule has 0 unspecified atom stereocenters. The maximum absolute atomic E-state index is 13.7. The molecule has 1 aliphatic carbocycles. The Labute approximate surface area is 159 Å². The van der Waals surface area contributed by atoms with Gasteiger partial charge in [-0.2, -0.15) is 0 Å². The molecule has 0 saturated heterocycles. The Balaban J connectivity index is 1.53. The first-order valence-electron chi connectivity index (χ1n) is 9.93. The molecule has 1 saturated carbocycles. The zero-order valence-electron chi connectivity index (χ0n) is 15.8. The van der Waals surface area contributed by atoms with Crippen LogP contribution < -0.4 is 4.74 Å². The zero-order valence-corrected chi connectivity index (χ0v) is 15.8. The number of rotatable bonds is 7. The molecule has 0 bridgehead atoms. The predicted octanol–water partition coefficient (Wildman–Crippen LogP) is 7.15. The van der Waals surface area contributed by atoms with Crippen molar-refractivity contribution in [3.63, 3.8) is 0 Å². The summed E-state index contributed by atoms with van der Waals surface area (Å²) in [4.78, 5) is 0. The van der Waals surface area contributed by atoms with Crippen molar-refractivity contribution in [2.45, 2.75) is 64.4 Å². The van der Waals surface area contributed by atoms with Crippen molar-refractivity contribution in [3.8, 4) is 5.75 Å². The summed E-state index contributed by atoms with van der Waals surface area (Å²) in [5.74, 6) is -1.76. The Bertz CT molecular complexity index is 734. The van der Waals surface area contributed by atoms with Gasteiger partial charge >= 0.3 is 0 Å². The predicted molar refractivity (Wildman–Crippen MR) is 101 cm³/mol. The van der Waals surface area contributed by atoms with Crippen LogP contribution in [0, 0.1) is 23.4 Å². The summed E-state index contributed by atoms with van der Waals surface area (Å²) in [6.07, 6.45) is 9.03. The van der Waals surface area contributed by atoms with Gasteiger partial charge in [0.25, 0.3) is 0 Å². The van der Waals surface area contributed by atoms with Gasteiger partial charge in [0.05, 0.1) is 0 Å². The average molecular weight is 376 g/mol. The van der Waals surface area contributed by atoms with Gasteiger partial charge in [-0.3, -0.25) is 0 Å². The van der Waals surface area contributed by atoms with Crippen LogP contribution in [-0.4, -0.2) is 0 Å². The molecule has 0 amide bonds. The Hall–Kier alpha value is -1.97. The fraction of sp³-hybridized carbons (Fsp3) is 0.478. The van der Waals surface area contributed by atoms with E-state index in [1.54, 1.807) is 0 Å². The molecule has 1 aliphatic rings. The molecule has 2 aromatic rings. The zero-order chi connectivity index (χ0) is 19.2. The molecule has 0 atom stereocenters. The normalized spacial score (nSPS) is 19.9. The molecular weight excluding hydrogens is 349 g/mol. The second-order valence-electron chi connectivity index (χ2n) is 7.55. The van der Waals surface area contributed by atoms with E-state index in [1.165, 1.54) is 56.6 Å². The van der Waals surface area contributed by atoms with Crippen LogP contribution in [0.2, 0.25) is 0 Å². The Morgan fingerprint density at radius 3 is 2.26 bits per heavy atom. The molecule has 4 heteroatoms. The number of hydrogen-bond donors (Lipinski definition) is 0. The van der Waals surface area contributed by atoms with Gasteiger partial charge in [0.1, 0.15) is 12.4 Å². The number of benzene rings is 2. The molecule has 3 rings (SSSR count). The first kappa shape index (κ1) is 19.8. The van der Waals surface area contributed by atoms with Crippen molar-refractivity contribution in [2.24, 2.45) is 5.92 Å². The van der Waals surface area contributed by atoms with Gasteiger partial charge in [-0.25, -0.2) is 13.2 Å². The third kappa shape index (κ3) is 5.06. The van der Waals surface area contributed by atoms with Gasteiger partial charge in [0, 0.05) is 5.56 Å². The minimum atomic E-state index is -1.46. The maximum atomic E-state index is 13.7. The maximum Gasteiger partial charge on any atom is 0.194 e. The van der Waals surface area contributed by atoms with Crippen LogP contribution in [0.3, 0.4) is 0 Å². The molecule has 0 spiro atoms. The standard InChI is InChI=1S/C23H27F3O/c1-2-3-4-16-5-7-17(8-6-16)18-9-12-20(13-10-18)27-15-19-11-14-21(24)23(26)22(19)25/h9-14,16-17H,2-8,15H2,1H3/t16-,17-. The third-order valence-electron chi connectivity index (χ3n) is 5.67. The Morgan fingerprint density at radius 2 is 1.59 bits per heavy atom. The fourth-order valence-electron chi connectivity index (χ4n) is 3.95. The second kappa shape index (κ2) is 9.29. The highest BCUT2D eigenvalue weighted by molar-refractivity contribution is 5.30. The van der Waals surface area contributed by atoms with E-state index in [2.05, 4.69) is 19.1 Å². The van der Waals surface area contributed by atoms with E-state index in [4.69, 9.17) is 4.74 Å². The van der Waals surface area contributed by atoms with Gasteiger partial charge in [-0.05, 0) is 67.3 Å². The van der Waals surface area contributed by atoms with Crippen LogP contribution in [-0.2, 0) is 6.61 Å². The SMILES string of the molecule is CCCC[C@H]1CC[C@H](c2ccc(OCc3ccc(F)c(F)c3F)cc2)CC1. The highest BCUT2D eigenvalue weighted by Gasteiger charge is 2.22. The molecule has 0 heterocycles. The molecule has 2 aromatic carbocycles. The second-order valence-corrected chi connectivity index (χ2v) is 7.55.